The average molecular weight is 311 g/mol. The summed E-state index contributed by atoms with van der Waals surface area (Å²) in [5.41, 5.74) is 9.14. The summed E-state index contributed by atoms with van der Waals surface area (Å²) in [5.74, 6) is -0.427. The van der Waals surface area contributed by atoms with Crippen molar-refractivity contribution in [1.29, 1.82) is 0 Å². The van der Waals surface area contributed by atoms with Gasteiger partial charge in [0.15, 0.2) is 5.65 Å². The number of fused-ring (bicyclic) bond motifs is 4. The van der Waals surface area contributed by atoms with Gasteiger partial charge in [0.2, 0.25) is 5.91 Å². The Bertz CT molecular complexity index is 1050. The van der Waals surface area contributed by atoms with E-state index in [1.54, 1.807) is 10.6 Å². The van der Waals surface area contributed by atoms with Gasteiger partial charge in [-0.25, -0.2) is 9.97 Å². The largest absolute Gasteiger partial charge is 0.368 e. The quantitative estimate of drug-likeness (QED) is 0.618. The van der Waals surface area contributed by atoms with Gasteiger partial charge in [0.25, 0.3) is 0 Å². The predicted octanol–water partition coefficient (Wildman–Crippen LogP) is 2.88. The fraction of sp³-hybridized carbons (Fsp3) is 0.0625. The molecule has 0 aliphatic carbocycles. The van der Waals surface area contributed by atoms with Gasteiger partial charge in [-0.15, -0.1) is 0 Å². The van der Waals surface area contributed by atoms with E-state index >= 15 is 0 Å². The van der Waals surface area contributed by atoms with Crippen LogP contribution in [0.25, 0.3) is 33.1 Å². The van der Waals surface area contributed by atoms with Crippen LogP contribution in [0.3, 0.4) is 0 Å². The maximum atomic E-state index is 11.4. The van der Waals surface area contributed by atoms with Crippen molar-refractivity contribution in [1.82, 2.24) is 14.5 Å². The summed E-state index contributed by atoms with van der Waals surface area (Å²) in [6.07, 6.45) is 0. The molecule has 4 aromatic rings. The molecule has 0 unspecified atom stereocenters. The number of carbonyl (C=O) groups is 1. The average Bonchev–Trinajstić information content (AvgIpc) is 2.78. The zero-order valence-corrected chi connectivity index (χ0v) is 12.2. The van der Waals surface area contributed by atoms with Crippen LogP contribution in [0.1, 0.15) is 0 Å². The Hall–Kier alpha value is -2.66. The molecule has 0 spiro atoms. The lowest BCUT2D eigenvalue weighted by molar-refractivity contribution is -0.118. The van der Waals surface area contributed by atoms with Gasteiger partial charge in [-0.05, 0) is 30.3 Å². The Kier molecular flexibility index (Phi) is 2.77. The highest BCUT2D eigenvalue weighted by atomic mass is 35.5. The number of hydrogen-bond acceptors (Lipinski definition) is 3. The molecule has 6 heteroatoms. The first-order chi connectivity index (χ1) is 10.6. The molecular weight excluding hydrogens is 300 g/mol. The van der Waals surface area contributed by atoms with E-state index in [9.17, 15) is 4.79 Å². The summed E-state index contributed by atoms with van der Waals surface area (Å²) in [5, 5.41) is 1.47. The van der Waals surface area contributed by atoms with Crippen molar-refractivity contribution in [3.63, 3.8) is 0 Å². The number of benzene rings is 2. The maximum Gasteiger partial charge on any atom is 0.237 e. The summed E-state index contributed by atoms with van der Waals surface area (Å²) >= 11 is 6.10. The van der Waals surface area contributed by atoms with Gasteiger partial charge >= 0.3 is 0 Å². The van der Waals surface area contributed by atoms with Gasteiger partial charge in [-0.1, -0.05) is 23.7 Å². The molecule has 0 aliphatic heterocycles. The molecule has 2 heterocycles. The van der Waals surface area contributed by atoms with E-state index in [0.717, 1.165) is 27.5 Å². The third-order valence-electron chi connectivity index (χ3n) is 3.63. The summed E-state index contributed by atoms with van der Waals surface area (Å²) in [6, 6.07) is 13.1. The van der Waals surface area contributed by atoms with Crippen molar-refractivity contribution in [2.45, 2.75) is 6.54 Å². The van der Waals surface area contributed by atoms with Crippen LogP contribution in [0, 0.1) is 0 Å². The molecule has 2 N–H and O–H groups in total. The van der Waals surface area contributed by atoms with Gasteiger partial charge < -0.3 is 10.3 Å². The van der Waals surface area contributed by atoms with Crippen LogP contribution in [0.5, 0.6) is 0 Å². The number of rotatable bonds is 2. The van der Waals surface area contributed by atoms with E-state index < -0.39 is 5.91 Å². The number of amides is 1. The summed E-state index contributed by atoms with van der Waals surface area (Å²) in [4.78, 5) is 20.7. The Labute approximate surface area is 130 Å². The fourth-order valence-electron chi connectivity index (χ4n) is 2.72. The number of hydrogen-bond donors (Lipinski definition) is 1. The fourth-order valence-corrected chi connectivity index (χ4v) is 2.90. The van der Waals surface area contributed by atoms with Crippen molar-refractivity contribution in [2.24, 2.45) is 5.73 Å². The van der Waals surface area contributed by atoms with Crippen molar-refractivity contribution < 1.29 is 4.79 Å². The first-order valence-electron chi connectivity index (χ1n) is 6.76. The van der Waals surface area contributed by atoms with Gasteiger partial charge in [-0.2, -0.15) is 0 Å². The Balaban J connectivity index is 2.20. The summed E-state index contributed by atoms with van der Waals surface area (Å²) in [7, 11) is 0. The zero-order chi connectivity index (χ0) is 15.3. The van der Waals surface area contributed by atoms with E-state index in [1.165, 1.54) is 0 Å². The number of nitrogens with two attached hydrogens (primary N) is 1. The van der Waals surface area contributed by atoms with Crippen LogP contribution in [0.4, 0.5) is 0 Å². The van der Waals surface area contributed by atoms with Crippen LogP contribution < -0.4 is 5.73 Å². The molecule has 4 rings (SSSR count). The third kappa shape index (κ3) is 1.90. The number of halogens is 1. The molecule has 2 aromatic carbocycles. The monoisotopic (exact) mass is 310 g/mol. The van der Waals surface area contributed by atoms with E-state index in [2.05, 4.69) is 9.97 Å². The van der Waals surface area contributed by atoms with Crippen LogP contribution >= 0.6 is 11.6 Å². The second kappa shape index (κ2) is 4.68. The molecule has 108 valence electrons. The van der Waals surface area contributed by atoms with Crippen molar-refractivity contribution >= 4 is 50.6 Å². The number of carbonyl (C=O) groups excluding carboxylic acids is 1. The standard InChI is InChI=1S/C16H11ClN4O/c17-9-5-6-13-10(7-9)15-16(21(13)8-14(18)22)20-12-4-2-1-3-11(12)19-15/h1-7H,8H2,(H2,18,22). The highest BCUT2D eigenvalue weighted by molar-refractivity contribution is 6.31. The van der Waals surface area contributed by atoms with E-state index in [-0.39, 0.29) is 6.54 Å². The predicted molar refractivity (Wildman–Crippen MR) is 86.7 cm³/mol. The Morgan fingerprint density at radius 3 is 2.59 bits per heavy atom. The molecule has 0 bridgehead atoms. The normalized spacial score (nSPS) is 11.5. The lowest BCUT2D eigenvalue weighted by Gasteiger charge is -2.03. The molecular formula is C16H11ClN4O. The summed E-state index contributed by atoms with van der Waals surface area (Å²) in [6.45, 7) is 0.0503. The highest BCUT2D eigenvalue weighted by Gasteiger charge is 2.15. The first-order valence-corrected chi connectivity index (χ1v) is 7.14. The molecule has 0 saturated carbocycles. The van der Waals surface area contributed by atoms with Gasteiger partial charge in [-0.3, -0.25) is 4.79 Å². The third-order valence-corrected chi connectivity index (χ3v) is 3.86. The van der Waals surface area contributed by atoms with Gasteiger partial charge in [0, 0.05) is 10.4 Å². The van der Waals surface area contributed by atoms with Crippen molar-refractivity contribution in [3.05, 3.63) is 47.5 Å². The van der Waals surface area contributed by atoms with Gasteiger partial charge in [0.1, 0.15) is 12.1 Å². The number of aromatic nitrogens is 3. The summed E-state index contributed by atoms with van der Waals surface area (Å²) < 4.78 is 1.78. The highest BCUT2D eigenvalue weighted by Crippen LogP contribution is 2.30. The van der Waals surface area contributed by atoms with Crippen LogP contribution in [0.15, 0.2) is 42.5 Å². The smallest absolute Gasteiger partial charge is 0.237 e. The second-order valence-corrected chi connectivity index (χ2v) is 5.53. The van der Waals surface area contributed by atoms with Crippen LogP contribution in [-0.4, -0.2) is 20.4 Å². The van der Waals surface area contributed by atoms with E-state index in [0.29, 0.717) is 10.7 Å². The van der Waals surface area contributed by atoms with E-state index in [4.69, 9.17) is 17.3 Å². The van der Waals surface area contributed by atoms with Crippen molar-refractivity contribution in [2.75, 3.05) is 0 Å². The molecule has 2 aromatic heterocycles. The lowest BCUT2D eigenvalue weighted by Crippen LogP contribution is -2.18. The lowest BCUT2D eigenvalue weighted by atomic mass is 10.2. The molecule has 1 amide bonds. The minimum Gasteiger partial charge on any atom is -0.368 e. The molecule has 0 fully saturated rings. The number of nitrogens with zero attached hydrogens (tertiary/aromatic N) is 3. The topological polar surface area (TPSA) is 73.8 Å². The van der Waals surface area contributed by atoms with E-state index in [1.807, 2.05) is 36.4 Å². The SMILES string of the molecule is NC(=O)Cn1c2ccc(Cl)cc2c2nc3ccccc3nc21. The molecule has 0 saturated heterocycles. The molecule has 0 atom stereocenters. The van der Waals surface area contributed by atoms with Crippen molar-refractivity contribution in [3.8, 4) is 0 Å². The molecule has 5 nitrogen and oxygen atoms in total. The molecule has 22 heavy (non-hydrogen) atoms. The molecule has 0 aliphatic rings. The van der Waals surface area contributed by atoms with Crippen LogP contribution in [0.2, 0.25) is 5.02 Å². The number of primary amides is 1. The van der Waals surface area contributed by atoms with Crippen LogP contribution in [-0.2, 0) is 11.3 Å². The maximum absolute atomic E-state index is 11.4. The Morgan fingerprint density at radius 2 is 1.86 bits per heavy atom. The Morgan fingerprint density at radius 1 is 1.14 bits per heavy atom. The minimum atomic E-state index is -0.427. The zero-order valence-electron chi connectivity index (χ0n) is 11.5. The second-order valence-electron chi connectivity index (χ2n) is 5.10. The van der Waals surface area contributed by atoms with Gasteiger partial charge in [0.05, 0.1) is 16.6 Å². The minimum absolute atomic E-state index is 0.0503. The molecule has 0 radical (unpaired) electrons. The first kappa shape index (κ1) is 13.0. The number of para-hydroxylation sites is 2.